The summed E-state index contributed by atoms with van der Waals surface area (Å²) in [5, 5.41) is 11.6. The molecule has 3 aromatic rings. The maximum absolute atomic E-state index is 14.1. The van der Waals surface area contributed by atoms with Gasteiger partial charge in [0.2, 0.25) is 0 Å². The van der Waals surface area contributed by atoms with Crippen LogP contribution < -0.4 is 15.4 Å². The Morgan fingerprint density at radius 3 is 2.64 bits per heavy atom. The molecule has 2 N–H and O–H groups in total. The number of benzene rings is 1. The van der Waals surface area contributed by atoms with Crippen molar-refractivity contribution in [3.63, 3.8) is 0 Å². The molecule has 0 radical (unpaired) electrons. The Hall–Kier alpha value is -2.35. The van der Waals surface area contributed by atoms with Gasteiger partial charge in [-0.3, -0.25) is 4.68 Å². The maximum atomic E-state index is 14.1. The molecule has 0 aliphatic carbocycles. The highest BCUT2D eigenvalue weighted by Crippen LogP contribution is 2.38. The number of hydrogen-bond acceptors (Lipinski definition) is 5. The van der Waals surface area contributed by atoms with Gasteiger partial charge >= 0.3 is 0 Å². The molecule has 1 saturated heterocycles. The molecule has 3 heterocycles. The van der Waals surface area contributed by atoms with E-state index in [1.165, 1.54) is 12.1 Å². The van der Waals surface area contributed by atoms with Crippen LogP contribution in [0.5, 0.6) is 5.75 Å². The Morgan fingerprint density at radius 2 is 1.91 bits per heavy atom. The number of hydrogen-bond donors (Lipinski definition) is 2. The van der Waals surface area contributed by atoms with Gasteiger partial charge in [-0.15, -0.1) is 0 Å². The molecule has 1 fully saturated rings. The van der Waals surface area contributed by atoms with E-state index in [0.717, 1.165) is 37.1 Å². The van der Waals surface area contributed by atoms with E-state index in [1.54, 1.807) is 13.1 Å². The van der Waals surface area contributed by atoms with E-state index in [-0.39, 0.29) is 11.1 Å². The average molecular weight is 492 g/mol. The zero-order valence-electron chi connectivity index (χ0n) is 18.9. The van der Waals surface area contributed by atoms with Crippen LogP contribution in [0.15, 0.2) is 36.8 Å². The summed E-state index contributed by atoms with van der Waals surface area (Å²) in [5.74, 6) is 0.582. The Kier molecular flexibility index (Phi) is 7.41. The van der Waals surface area contributed by atoms with Gasteiger partial charge in [0.1, 0.15) is 11.9 Å². The van der Waals surface area contributed by atoms with Crippen LogP contribution in [0.4, 0.5) is 10.2 Å². The smallest absolute Gasteiger partial charge is 0.169 e. The van der Waals surface area contributed by atoms with Crippen molar-refractivity contribution in [1.29, 1.82) is 0 Å². The van der Waals surface area contributed by atoms with Gasteiger partial charge in [0.05, 0.1) is 17.3 Å². The topological polar surface area (TPSA) is 64.0 Å². The van der Waals surface area contributed by atoms with Crippen LogP contribution in [-0.4, -0.2) is 33.9 Å². The summed E-state index contributed by atoms with van der Waals surface area (Å²) >= 11 is 12.5. The summed E-state index contributed by atoms with van der Waals surface area (Å²) in [4.78, 5) is 4.60. The Bertz CT molecular complexity index is 1110. The Morgan fingerprint density at radius 1 is 1.15 bits per heavy atom. The van der Waals surface area contributed by atoms with Crippen molar-refractivity contribution in [2.75, 3.05) is 18.4 Å². The molecule has 2 aromatic heterocycles. The van der Waals surface area contributed by atoms with E-state index in [1.807, 2.05) is 30.8 Å². The average Bonchev–Trinajstić information content (AvgIpc) is 3.28. The van der Waals surface area contributed by atoms with Crippen LogP contribution >= 0.6 is 23.2 Å². The molecule has 0 unspecified atom stereocenters. The van der Waals surface area contributed by atoms with Gasteiger partial charge in [-0.25, -0.2) is 9.37 Å². The molecular formula is C24H28Cl2FN5O. The minimum Gasteiger partial charge on any atom is -0.482 e. The lowest BCUT2D eigenvalue weighted by Crippen LogP contribution is -2.29. The molecule has 33 heavy (non-hydrogen) atoms. The summed E-state index contributed by atoms with van der Waals surface area (Å²) in [6.07, 6.45) is 7.21. The van der Waals surface area contributed by atoms with Gasteiger partial charge in [0.25, 0.3) is 0 Å². The van der Waals surface area contributed by atoms with Gasteiger partial charge in [-0.05, 0) is 64.9 Å². The molecule has 176 valence electrons. The van der Waals surface area contributed by atoms with Crippen molar-refractivity contribution in [3.05, 3.63) is 58.2 Å². The van der Waals surface area contributed by atoms with E-state index < -0.39 is 11.9 Å². The second kappa shape index (κ2) is 10.3. The number of rotatable bonds is 7. The predicted molar refractivity (Wildman–Crippen MR) is 131 cm³/mol. The summed E-state index contributed by atoms with van der Waals surface area (Å²) in [6.45, 7) is 7.82. The van der Waals surface area contributed by atoms with Gasteiger partial charge in [-0.1, -0.05) is 23.2 Å². The van der Waals surface area contributed by atoms with Crippen molar-refractivity contribution in [2.24, 2.45) is 0 Å². The van der Waals surface area contributed by atoms with Crippen LogP contribution in [0.2, 0.25) is 10.0 Å². The van der Waals surface area contributed by atoms with E-state index in [0.29, 0.717) is 28.2 Å². The van der Waals surface area contributed by atoms with Gasteiger partial charge in [-0.2, -0.15) is 5.10 Å². The largest absolute Gasteiger partial charge is 0.482 e. The van der Waals surface area contributed by atoms with Crippen LogP contribution in [0.25, 0.3) is 11.1 Å². The number of aromatic nitrogens is 3. The molecular weight excluding hydrogens is 464 g/mol. The zero-order valence-corrected chi connectivity index (χ0v) is 20.4. The quantitative estimate of drug-likeness (QED) is 0.381. The van der Waals surface area contributed by atoms with Gasteiger partial charge < -0.3 is 15.4 Å². The predicted octanol–water partition coefficient (Wildman–Crippen LogP) is 6.28. The highest BCUT2D eigenvalue weighted by atomic mass is 35.5. The third kappa shape index (κ3) is 5.42. The second-order valence-corrected chi connectivity index (χ2v) is 9.36. The third-order valence-corrected chi connectivity index (χ3v) is 6.40. The fourth-order valence-corrected chi connectivity index (χ4v) is 4.67. The molecule has 1 atom stereocenters. The van der Waals surface area contributed by atoms with E-state index in [2.05, 4.69) is 26.9 Å². The van der Waals surface area contributed by atoms with Crippen LogP contribution in [0.3, 0.4) is 0 Å². The Balaban J connectivity index is 1.65. The lowest BCUT2D eigenvalue weighted by atomic mass is 10.1. The van der Waals surface area contributed by atoms with Crippen LogP contribution in [0, 0.1) is 5.82 Å². The number of anilines is 1. The first-order chi connectivity index (χ1) is 15.8. The summed E-state index contributed by atoms with van der Waals surface area (Å²) in [5.41, 5.74) is 2.23. The van der Waals surface area contributed by atoms with Crippen molar-refractivity contribution >= 4 is 29.0 Å². The molecule has 9 heteroatoms. The highest BCUT2D eigenvalue weighted by molar-refractivity contribution is 6.36. The molecule has 4 rings (SSSR count). The normalized spacial score (nSPS) is 15.6. The van der Waals surface area contributed by atoms with E-state index >= 15 is 0 Å². The molecule has 0 bridgehead atoms. The SMILES string of the molecule is CC(C)Nc1ncc(-c2cnn(C3CCNCC3)c2)cc1O[C@H](C)c1c(Cl)ccc(F)c1Cl. The molecule has 6 nitrogen and oxygen atoms in total. The van der Waals surface area contributed by atoms with E-state index in [9.17, 15) is 4.39 Å². The first-order valence-electron chi connectivity index (χ1n) is 11.2. The first kappa shape index (κ1) is 23.8. The minimum atomic E-state index is -0.595. The van der Waals surface area contributed by atoms with Crippen LogP contribution in [0.1, 0.15) is 51.3 Å². The molecule has 0 spiro atoms. The fraction of sp³-hybridized carbons (Fsp3) is 0.417. The molecule has 1 aliphatic heterocycles. The number of ether oxygens (including phenoxy) is 1. The lowest BCUT2D eigenvalue weighted by molar-refractivity contribution is 0.227. The fourth-order valence-electron chi connectivity index (χ4n) is 4.00. The zero-order chi connectivity index (χ0) is 23.5. The molecule has 0 amide bonds. The summed E-state index contributed by atoms with van der Waals surface area (Å²) in [7, 11) is 0. The standard InChI is InChI=1S/C24H28Cl2FN5O/c1-14(2)31-24-21(33-15(3)22-19(25)4-5-20(27)23(22)26)10-16(11-29-24)17-12-30-32(13-17)18-6-8-28-9-7-18/h4-5,10-15,18,28H,6-9H2,1-3H3,(H,29,31)/t15-/m1/s1. The van der Waals surface area contributed by atoms with Gasteiger partial charge in [0, 0.05) is 40.1 Å². The van der Waals surface area contributed by atoms with E-state index in [4.69, 9.17) is 27.9 Å². The van der Waals surface area contributed by atoms with Crippen molar-refractivity contribution in [1.82, 2.24) is 20.1 Å². The number of piperidine rings is 1. The van der Waals surface area contributed by atoms with Crippen molar-refractivity contribution in [3.8, 4) is 16.9 Å². The van der Waals surface area contributed by atoms with Crippen LogP contribution in [-0.2, 0) is 0 Å². The minimum absolute atomic E-state index is 0.0410. The summed E-state index contributed by atoms with van der Waals surface area (Å²) < 4.78 is 22.3. The molecule has 0 saturated carbocycles. The Labute approximate surface area is 203 Å². The second-order valence-electron chi connectivity index (χ2n) is 8.58. The lowest BCUT2D eigenvalue weighted by Gasteiger charge is -2.22. The third-order valence-electron chi connectivity index (χ3n) is 5.69. The summed E-state index contributed by atoms with van der Waals surface area (Å²) in [6, 6.07) is 5.18. The van der Waals surface area contributed by atoms with Crippen molar-refractivity contribution in [2.45, 2.75) is 51.8 Å². The number of nitrogens with one attached hydrogen (secondary N) is 2. The highest BCUT2D eigenvalue weighted by Gasteiger charge is 2.21. The van der Waals surface area contributed by atoms with Gasteiger partial charge in [0.15, 0.2) is 11.6 Å². The molecule has 1 aromatic carbocycles. The number of halogens is 3. The molecule has 1 aliphatic rings. The maximum Gasteiger partial charge on any atom is 0.169 e. The van der Waals surface area contributed by atoms with Crippen molar-refractivity contribution < 1.29 is 9.13 Å². The number of pyridine rings is 1. The monoisotopic (exact) mass is 491 g/mol. The first-order valence-corrected chi connectivity index (χ1v) is 11.9. The number of nitrogens with zero attached hydrogens (tertiary/aromatic N) is 3.